The molecule has 1 aromatic rings. The first kappa shape index (κ1) is 10.9. The smallest absolute Gasteiger partial charge is 0.162 e. The van der Waals surface area contributed by atoms with Crippen molar-refractivity contribution in [3.63, 3.8) is 0 Å². The predicted molar refractivity (Wildman–Crippen MR) is 56.7 cm³/mol. The zero-order valence-electron chi connectivity index (χ0n) is 8.80. The van der Waals surface area contributed by atoms with Gasteiger partial charge in [-0.3, -0.25) is 0 Å². The minimum atomic E-state index is -0.275. The molecule has 0 amide bonds. The number of phenolic OH excluding ortho intramolecular Hbond substituents is 1. The van der Waals surface area contributed by atoms with E-state index in [0.29, 0.717) is 19.4 Å². The maximum absolute atomic E-state index is 9.13. The number of nitriles is 1. The molecule has 2 unspecified atom stereocenters. The molecule has 84 valence electrons. The number of nitrogens with zero attached hydrogens (tertiary/aromatic N) is 1. The molecule has 1 aromatic carbocycles. The number of phenols is 1. The lowest BCUT2D eigenvalue weighted by Crippen LogP contribution is -2.14. The van der Waals surface area contributed by atoms with Gasteiger partial charge in [0, 0.05) is 6.42 Å². The highest BCUT2D eigenvalue weighted by Gasteiger charge is 2.25. The normalized spacial score (nSPS) is 24.2. The number of hydrogen-bond donors (Lipinski definition) is 1. The number of hydrogen-bond acceptors (Lipinski definition) is 4. The van der Waals surface area contributed by atoms with Crippen LogP contribution in [0, 0.1) is 11.3 Å². The van der Waals surface area contributed by atoms with Crippen LogP contribution < -0.4 is 0 Å². The van der Waals surface area contributed by atoms with E-state index in [1.807, 2.05) is 12.1 Å². The summed E-state index contributed by atoms with van der Waals surface area (Å²) in [6.45, 7) is 0.482. The Kier molecular flexibility index (Phi) is 3.40. The first-order valence-corrected chi connectivity index (χ1v) is 5.20. The Morgan fingerprint density at radius 1 is 1.38 bits per heavy atom. The van der Waals surface area contributed by atoms with Crippen molar-refractivity contribution >= 4 is 0 Å². The van der Waals surface area contributed by atoms with Gasteiger partial charge in [-0.05, 0) is 17.7 Å². The van der Waals surface area contributed by atoms with Gasteiger partial charge in [0.2, 0.25) is 0 Å². The Balaban J connectivity index is 1.87. The SMILES string of the molecule is N#CCC1COC(Cc2ccc(O)cc2)O1. The number of aromatic hydroxyl groups is 1. The van der Waals surface area contributed by atoms with Gasteiger partial charge in [-0.1, -0.05) is 12.1 Å². The van der Waals surface area contributed by atoms with Crippen LogP contribution in [0.3, 0.4) is 0 Å². The molecule has 0 radical (unpaired) electrons. The fourth-order valence-electron chi connectivity index (χ4n) is 1.65. The van der Waals surface area contributed by atoms with Crippen LogP contribution in [-0.2, 0) is 15.9 Å². The molecule has 2 rings (SSSR count). The quantitative estimate of drug-likeness (QED) is 0.838. The zero-order chi connectivity index (χ0) is 11.4. The molecule has 1 saturated heterocycles. The third kappa shape index (κ3) is 2.72. The Labute approximate surface area is 94.0 Å². The summed E-state index contributed by atoms with van der Waals surface area (Å²) in [7, 11) is 0. The molecule has 1 heterocycles. The van der Waals surface area contributed by atoms with Crippen LogP contribution in [0.25, 0.3) is 0 Å². The van der Waals surface area contributed by atoms with Gasteiger partial charge in [0.15, 0.2) is 6.29 Å². The summed E-state index contributed by atoms with van der Waals surface area (Å²) in [5.74, 6) is 0.249. The van der Waals surface area contributed by atoms with Crippen molar-refractivity contribution in [2.24, 2.45) is 0 Å². The maximum atomic E-state index is 9.13. The van der Waals surface area contributed by atoms with Gasteiger partial charge in [-0.15, -0.1) is 0 Å². The summed E-state index contributed by atoms with van der Waals surface area (Å²) in [6.07, 6.45) is 0.629. The van der Waals surface area contributed by atoms with E-state index in [4.69, 9.17) is 19.8 Å². The highest BCUT2D eigenvalue weighted by atomic mass is 16.7. The summed E-state index contributed by atoms with van der Waals surface area (Å²) in [5.41, 5.74) is 1.04. The molecular formula is C12H13NO3. The summed E-state index contributed by atoms with van der Waals surface area (Å²) >= 11 is 0. The molecule has 0 aliphatic carbocycles. The molecule has 1 aliphatic heterocycles. The second-order valence-electron chi connectivity index (χ2n) is 3.75. The number of benzene rings is 1. The standard InChI is InChI=1S/C12H13NO3/c13-6-5-11-8-15-12(16-11)7-9-1-3-10(14)4-2-9/h1-4,11-12,14H,5,7-8H2. The highest BCUT2D eigenvalue weighted by Crippen LogP contribution is 2.19. The van der Waals surface area contributed by atoms with Crippen molar-refractivity contribution in [1.82, 2.24) is 0 Å². The maximum Gasteiger partial charge on any atom is 0.162 e. The van der Waals surface area contributed by atoms with Crippen molar-refractivity contribution in [3.05, 3.63) is 29.8 Å². The Morgan fingerprint density at radius 2 is 2.12 bits per heavy atom. The van der Waals surface area contributed by atoms with Crippen molar-refractivity contribution in [2.45, 2.75) is 25.2 Å². The average molecular weight is 219 g/mol. The molecule has 16 heavy (non-hydrogen) atoms. The van der Waals surface area contributed by atoms with E-state index in [1.54, 1.807) is 12.1 Å². The Morgan fingerprint density at radius 3 is 2.81 bits per heavy atom. The largest absolute Gasteiger partial charge is 0.508 e. The lowest BCUT2D eigenvalue weighted by atomic mass is 10.1. The van der Waals surface area contributed by atoms with Gasteiger partial charge in [0.1, 0.15) is 5.75 Å². The Bertz CT molecular complexity index is 382. The van der Waals surface area contributed by atoms with E-state index in [2.05, 4.69) is 6.07 Å². The lowest BCUT2D eigenvalue weighted by molar-refractivity contribution is -0.0548. The third-order valence-corrected chi connectivity index (χ3v) is 2.47. The number of rotatable bonds is 3. The van der Waals surface area contributed by atoms with Crippen molar-refractivity contribution in [2.75, 3.05) is 6.61 Å². The monoisotopic (exact) mass is 219 g/mol. The molecular weight excluding hydrogens is 206 g/mol. The number of ether oxygens (including phenoxy) is 2. The van der Waals surface area contributed by atoms with Gasteiger partial charge >= 0.3 is 0 Å². The second-order valence-corrected chi connectivity index (χ2v) is 3.75. The van der Waals surface area contributed by atoms with Crippen LogP contribution in [0.2, 0.25) is 0 Å². The lowest BCUT2D eigenvalue weighted by Gasteiger charge is -2.09. The molecule has 0 saturated carbocycles. The minimum absolute atomic E-state index is 0.105. The fraction of sp³-hybridized carbons (Fsp3) is 0.417. The van der Waals surface area contributed by atoms with Gasteiger partial charge in [-0.25, -0.2) is 0 Å². The van der Waals surface area contributed by atoms with Crippen LogP contribution in [0.1, 0.15) is 12.0 Å². The van der Waals surface area contributed by atoms with E-state index in [0.717, 1.165) is 5.56 Å². The Hall–Kier alpha value is -1.57. The van der Waals surface area contributed by atoms with Gasteiger partial charge in [0.25, 0.3) is 0 Å². The van der Waals surface area contributed by atoms with Crippen molar-refractivity contribution in [3.8, 4) is 11.8 Å². The highest BCUT2D eigenvalue weighted by molar-refractivity contribution is 5.26. The molecule has 4 nitrogen and oxygen atoms in total. The van der Waals surface area contributed by atoms with E-state index < -0.39 is 0 Å². The van der Waals surface area contributed by atoms with E-state index >= 15 is 0 Å². The molecule has 4 heteroatoms. The summed E-state index contributed by atoms with van der Waals surface area (Å²) in [4.78, 5) is 0. The summed E-state index contributed by atoms with van der Waals surface area (Å²) in [5, 5.41) is 17.7. The zero-order valence-corrected chi connectivity index (χ0v) is 8.80. The summed E-state index contributed by atoms with van der Waals surface area (Å²) in [6, 6.07) is 9.00. The molecule has 0 bridgehead atoms. The second kappa shape index (κ2) is 4.97. The van der Waals surface area contributed by atoms with E-state index in [9.17, 15) is 0 Å². The molecule has 0 spiro atoms. The first-order chi connectivity index (χ1) is 7.78. The molecule has 0 aromatic heterocycles. The predicted octanol–water partition coefficient (Wildman–Crippen LogP) is 1.59. The average Bonchev–Trinajstić information content (AvgIpc) is 2.70. The fourth-order valence-corrected chi connectivity index (χ4v) is 1.65. The molecule has 1 aliphatic rings. The van der Waals surface area contributed by atoms with E-state index in [-0.39, 0.29) is 18.1 Å². The van der Waals surface area contributed by atoms with Crippen LogP contribution >= 0.6 is 0 Å². The van der Waals surface area contributed by atoms with Crippen LogP contribution in [0.5, 0.6) is 5.75 Å². The van der Waals surface area contributed by atoms with Crippen molar-refractivity contribution in [1.29, 1.82) is 5.26 Å². The van der Waals surface area contributed by atoms with Crippen molar-refractivity contribution < 1.29 is 14.6 Å². The van der Waals surface area contributed by atoms with Crippen LogP contribution in [-0.4, -0.2) is 24.1 Å². The van der Waals surface area contributed by atoms with E-state index in [1.165, 1.54) is 0 Å². The van der Waals surface area contributed by atoms with Gasteiger partial charge in [-0.2, -0.15) is 5.26 Å². The van der Waals surface area contributed by atoms with Crippen LogP contribution in [0.15, 0.2) is 24.3 Å². The van der Waals surface area contributed by atoms with Gasteiger partial charge in [0.05, 0.1) is 25.2 Å². The molecule has 1 N–H and O–H groups in total. The minimum Gasteiger partial charge on any atom is -0.508 e. The topological polar surface area (TPSA) is 62.5 Å². The molecule has 2 atom stereocenters. The molecule has 1 fully saturated rings. The third-order valence-electron chi connectivity index (χ3n) is 2.47. The first-order valence-electron chi connectivity index (χ1n) is 5.20. The summed E-state index contributed by atoms with van der Waals surface area (Å²) < 4.78 is 10.9. The van der Waals surface area contributed by atoms with Gasteiger partial charge < -0.3 is 14.6 Å². The van der Waals surface area contributed by atoms with Crippen LogP contribution in [0.4, 0.5) is 0 Å².